The molecule has 1 fully saturated rings. The number of aromatic amines is 1. The fraction of sp³-hybridized carbons (Fsp3) is 0.381. The van der Waals surface area contributed by atoms with Gasteiger partial charge in [-0.25, -0.2) is 9.37 Å². The molecule has 2 aliphatic rings. The number of fused-ring (bicyclic) bond motifs is 3. The van der Waals surface area contributed by atoms with Crippen molar-refractivity contribution < 1.29 is 4.39 Å². The van der Waals surface area contributed by atoms with Crippen molar-refractivity contribution in [1.82, 2.24) is 9.97 Å². The van der Waals surface area contributed by atoms with Gasteiger partial charge in [-0.1, -0.05) is 0 Å². The second kappa shape index (κ2) is 6.31. The lowest BCUT2D eigenvalue weighted by Gasteiger charge is -2.30. The molecule has 2 aliphatic heterocycles. The van der Waals surface area contributed by atoms with Crippen LogP contribution in [-0.4, -0.2) is 29.6 Å². The Bertz CT molecular complexity index is 925. The van der Waals surface area contributed by atoms with Gasteiger partial charge >= 0.3 is 0 Å². The van der Waals surface area contributed by atoms with Gasteiger partial charge in [0.25, 0.3) is 0 Å². The highest BCUT2D eigenvalue weighted by Gasteiger charge is 2.22. The fourth-order valence-electron chi connectivity index (χ4n) is 4.32. The molecule has 134 valence electrons. The Morgan fingerprint density at radius 3 is 2.65 bits per heavy atom. The second-order valence-corrected chi connectivity index (χ2v) is 7.37. The fourth-order valence-corrected chi connectivity index (χ4v) is 4.32. The Kier molecular flexibility index (Phi) is 3.80. The lowest BCUT2D eigenvalue weighted by Crippen LogP contribution is -2.31. The van der Waals surface area contributed by atoms with Crippen LogP contribution in [0.3, 0.4) is 0 Å². The van der Waals surface area contributed by atoms with Crippen LogP contribution in [0.5, 0.6) is 0 Å². The number of hydrogen-bond donors (Lipinski definition) is 1. The van der Waals surface area contributed by atoms with E-state index in [2.05, 4.69) is 26.9 Å². The predicted octanol–water partition coefficient (Wildman–Crippen LogP) is 4.26. The normalized spacial score (nSPS) is 17.6. The Balaban J connectivity index is 1.37. The summed E-state index contributed by atoms with van der Waals surface area (Å²) < 4.78 is 13.5. The first-order valence-corrected chi connectivity index (χ1v) is 9.53. The summed E-state index contributed by atoms with van der Waals surface area (Å²) in [5, 5.41) is 1.15. The molecule has 0 bridgehead atoms. The van der Waals surface area contributed by atoms with Crippen LogP contribution in [0.25, 0.3) is 10.9 Å². The molecule has 3 aromatic rings. The molecule has 0 radical (unpaired) electrons. The standard InChI is InChI=1S/C21H23FN4/c22-15-4-6-17-18-8-11-26(14-20(18)24-19(17)12-15)21-7-5-16(13-23-21)25-9-2-1-3-10-25/h4-7,12-13,24H,1-3,8-11,14H2. The van der Waals surface area contributed by atoms with Crippen molar-refractivity contribution in [2.75, 3.05) is 29.4 Å². The Labute approximate surface area is 152 Å². The molecule has 2 aromatic heterocycles. The van der Waals surface area contributed by atoms with Gasteiger partial charge in [0.05, 0.1) is 18.4 Å². The number of benzene rings is 1. The number of rotatable bonds is 2. The highest BCUT2D eigenvalue weighted by Crippen LogP contribution is 2.30. The summed E-state index contributed by atoms with van der Waals surface area (Å²) in [5.74, 6) is 0.823. The van der Waals surface area contributed by atoms with Crippen LogP contribution in [0.4, 0.5) is 15.9 Å². The predicted molar refractivity (Wildman–Crippen MR) is 103 cm³/mol. The first-order valence-electron chi connectivity index (χ1n) is 9.53. The molecule has 5 rings (SSSR count). The van der Waals surface area contributed by atoms with Crippen LogP contribution in [-0.2, 0) is 13.0 Å². The number of halogens is 1. The second-order valence-electron chi connectivity index (χ2n) is 7.37. The molecule has 5 heteroatoms. The zero-order valence-corrected chi connectivity index (χ0v) is 14.8. The maximum absolute atomic E-state index is 13.5. The number of nitrogens with one attached hydrogen (secondary N) is 1. The number of anilines is 2. The van der Waals surface area contributed by atoms with E-state index in [0.29, 0.717) is 0 Å². The van der Waals surface area contributed by atoms with E-state index in [4.69, 9.17) is 4.98 Å². The molecule has 0 aliphatic carbocycles. The molecular weight excluding hydrogens is 327 g/mol. The zero-order chi connectivity index (χ0) is 17.5. The molecule has 0 saturated carbocycles. The van der Waals surface area contributed by atoms with Crippen molar-refractivity contribution >= 4 is 22.4 Å². The van der Waals surface area contributed by atoms with E-state index in [-0.39, 0.29) is 5.82 Å². The average Bonchev–Trinajstić information content (AvgIpc) is 3.05. The van der Waals surface area contributed by atoms with Crippen molar-refractivity contribution in [3.8, 4) is 0 Å². The van der Waals surface area contributed by atoms with Crippen LogP contribution in [0.2, 0.25) is 0 Å². The summed E-state index contributed by atoms with van der Waals surface area (Å²) in [7, 11) is 0. The molecule has 0 unspecified atom stereocenters. The zero-order valence-electron chi connectivity index (χ0n) is 14.8. The summed E-state index contributed by atoms with van der Waals surface area (Å²) in [4.78, 5) is 12.9. The van der Waals surface area contributed by atoms with E-state index in [1.807, 2.05) is 12.3 Å². The van der Waals surface area contributed by atoms with Gasteiger partial charge in [-0.15, -0.1) is 0 Å². The minimum Gasteiger partial charge on any atom is -0.370 e. The molecule has 1 aromatic carbocycles. The molecule has 0 amide bonds. The SMILES string of the molecule is Fc1ccc2c3c([nH]c2c1)CN(c1ccc(N2CCCCC2)cn1)CC3. The van der Waals surface area contributed by atoms with Gasteiger partial charge in [0.15, 0.2) is 0 Å². The van der Waals surface area contributed by atoms with E-state index < -0.39 is 0 Å². The molecule has 26 heavy (non-hydrogen) atoms. The summed E-state index contributed by atoms with van der Waals surface area (Å²) in [6.45, 7) is 4.01. The van der Waals surface area contributed by atoms with E-state index in [9.17, 15) is 4.39 Å². The van der Waals surface area contributed by atoms with Crippen molar-refractivity contribution in [2.24, 2.45) is 0 Å². The van der Waals surface area contributed by atoms with E-state index >= 15 is 0 Å². The Morgan fingerprint density at radius 2 is 1.85 bits per heavy atom. The van der Waals surface area contributed by atoms with Crippen molar-refractivity contribution in [3.05, 3.63) is 53.6 Å². The minimum atomic E-state index is -0.192. The Morgan fingerprint density at radius 1 is 0.962 bits per heavy atom. The number of H-pyrrole nitrogens is 1. The third-order valence-electron chi connectivity index (χ3n) is 5.71. The maximum atomic E-state index is 13.5. The van der Waals surface area contributed by atoms with E-state index in [1.165, 1.54) is 36.2 Å². The summed E-state index contributed by atoms with van der Waals surface area (Å²) in [6, 6.07) is 9.36. The highest BCUT2D eigenvalue weighted by molar-refractivity contribution is 5.85. The van der Waals surface area contributed by atoms with Crippen molar-refractivity contribution in [1.29, 1.82) is 0 Å². The van der Waals surface area contributed by atoms with Gasteiger partial charge in [-0.05, 0) is 61.6 Å². The van der Waals surface area contributed by atoms with Crippen molar-refractivity contribution in [3.63, 3.8) is 0 Å². The molecule has 4 nitrogen and oxygen atoms in total. The smallest absolute Gasteiger partial charge is 0.128 e. The van der Waals surface area contributed by atoms with Crippen LogP contribution >= 0.6 is 0 Å². The van der Waals surface area contributed by atoms with Gasteiger partial charge in [-0.2, -0.15) is 0 Å². The monoisotopic (exact) mass is 350 g/mol. The van der Waals surface area contributed by atoms with Gasteiger partial charge in [0.2, 0.25) is 0 Å². The van der Waals surface area contributed by atoms with Crippen LogP contribution in [0.1, 0.15) is 30.5 Å². The van der Waals surface area contributed by atoms with Crippen LogP contribution in [0, 0.1) is 5.82 Å². The third-order valence-corrected chi connectivity index (χ3v) is 5.71. The van der Waals surface area contributed by atoms with Gasteiger partial charge < -0.3 is 14.8 Å². The summed E-state index contributed by atoms with van der Waals surface area (Å²) in [5.41, 5.74) is 4.62. The number of aromatic nitrogens is 2. The molecule has 0 spiro atoms. The number of pyridine rings is 1. The van der Waals surface area contributed by atoms with E-state index in [0.717, 1.165) is 49.3 Å². The van der Waals surface area contributed by atoms with Crippen LogP contribution in [0.15, 0.2) is 36.5 Å². The Hall–Kier alpha value is -2.56. The largest absolute Gasteiger partial charge is 0.370 e. The minimum absolute atomic E-state index is 0.192. The average molecular weight is 350 g/mol. The molecular formula is C21H23FN4. The number of nitrogens with zero attached hydrogens (tertiary/aromatic N) is 3. The molecule has 1 saturated heterocycles. The first-order chi connectivity index (χ1) is 12.8. The van der Waals surface area contributed by atoms with Gasteiger partial charge in [0, 0.05) is 36.2 Å². The van der Waals surface area contributed by atoms with Gasteiger partial charge in [-0.3, -0.25) is 0 Å². The first kappa shape index (κ1) is 15.7. The molecule has 0 atom stereocenters. The quantitative estimate of drug-likeness (QED) is 0.750. The lowest BCUT2D eigenvalue weighted by molar-refractivity contribution is 0.577. The molecule has 4 heterocycles. The topological polar surface area (TPSA) is 35.2 Å². The number of hydrogen-bond acceptors (Lipinski definition) is 3. The maximum Gasteiger partial charge on any atom is 0.128 e. The number of piperidine rings is 1. The van der Waals surface area contributed by atoms with E-state index in [1.54, 1.807) is 12.1 Å². The lowest BCUT2D eigenvalue weighted by atomic mass is 10.0. The van der Waals surface area contributed by atoms with Gasteiger partial charge in [0.1, 0.15) is 11.6 Å². The molecule has 1 N–H and O–H groups in total. The summed E-state index contributed by atoms with van der Waals surface area (Å²) >= 11 is 0. The van der Waals surface area contributed by atoms with Crippen molar-refractivity contribution in [2.45, 2.75) is 32.2 Å². The van der Waals surface area contributed by atoms with Crippen LogP contribution < -0.4 is 9.80 Å². The third kappa shape index (κ3) is 2.71. The highest BCUT2D eigenvalue weighted by atomic mass is 19.1. The summed E-state index contributed by atoms with van der Waals surface area (Å²) in [6.07, 6.45) is 6.86.